The van der Waals surface area contributed by atoms with Gasteiger partial charge in [-0.15, -0.1) is 13.2 Å². The molecule has 2 amide bonds. The summed E-state index contributed by atoms with van der Waals surface area (Å²) in [7, 11) is 0. The number of hydrogen-bond acceptors (Lipinski definition) is 5. The van der Waals surface area contributed by atoms with Gasteiger partial charge in [0.15, 0.2) is 0 Å². The van der Waals surface area contributed by atoms with Crippen LogP contribution in [0.2, 0.25) is 0 Å². The fraction of sp³-hybridized carbons (Fsp3) is 0.406. The molecule has 39 heavy (non-hydrogen) atoms. The van der Waals surface area contributed by atoms with E-state index in [-0.39, 0.29) is 43.3 Å². The molecule has 0 heterocycles. The molecule has 2 aromatic rings. The Hall–Kier alpha value is -3.71. The number of carbonyl (C=O) groups is 3. The van der Waals surface area contributed by atoms with Crippen LogP contribution in [0.3, 0.4) is 0 Å². The summed E-state index contributed by atoms with van der Waals surface area (Å²) in [6.45, 7) is 10.8. The maximum absolute atomic E-state index is 13.1. The first-order valence-electron chi connectivity index (χ1n) is 13.4. The van der Waals surface area contributed by atoms with Gasteiger partial charge in [0.05, 0.1) is 30.0 Å². The Labute approximate surface area is 232 Å². The van der Waals surface area contributed by atoms with Crippen molar-refractivity contribution in [1.29, 1.82) is 0 Å². The summed E-state index contributed by atoms with van der Waals surface area (Å²) in [6.07, 6.45) is 5.05. The molecule has 0 saturated carbocycles. The molecule has 0 fully saturated rings. The fourth-order valence-electron chi connectivity index (χ4n) is 4.26. The van der Waals surface area contributed by atoms with E-state index in [1.807, 2.05) is 60.7 Å². The summed E-state index contributed by atoms with van der Waals surface area (Å²) in [5, 5.41) is 15.5. The van der Waals surface area contributed by atoms with E-state index in [0.717, 1.165) is 11.1 Å². The van der Waals surface area contributed by atoms with Crippen LogP contribution in [0.15, 0.2) is 86.0 Å². The van der Waals surface area contributed by atoms with Crippen LogP contribution < -0.4 is 10.6 Å². The Morgan fingerprint density at radius 3 is 1.97 bits per heavy atom. The number of carbonyl (C=O) groups excluding carboxylic acids is 3. The van der Waals surface area contributed by atoms with E-state index in [2.05, 4.69) is 23.8 Å². The number of hydrogen-bond donors (Lipinski definition) is 3. The molecule has 7 nitrogen and oxygen atoms in total. The second-order valence-electron chi connectivity index (χ2n) is 10.5. The molecule has 7 heteroatoms. The van der Waals surface area contributed by atoms with E-state index >= 15 is 0 Å². The van der Waals surface area contributed by atoms with Gasteiger partial charge in [0, 0.05) is 6.42 Å². The quantitative estimate of drug-likeness (QED) is 0.209. The van der Waals surface area contributed by atoms with Gasteiger partial charge in [-0.25, -0.2) is 0 Å². The second kappa shape index (κ2) is 16.3. The Morgan fingerprint density at radius 1 is 0.897 bits per heavy atom. The van der Waals surface area contributed by atoms with E-state index in [4.69, 9.17) is 4.74 Å². The van der Waals surface area contributed by atoms with Gasteiger partial charge in [0.2, 0.25) is 11.8 Å². The molecule has 3 atom stereocenters. The summed E-state index contributed by atoms with van der Waals surface area (Å²) >= 11 is 0. The van der Waals surface area contributed by atoms with E-state index in [0.29, 0.717) is 25.7 Å². The molecule has 3 N–H and O–H groups in total. The maximum Gasteiger partial charge on any atom is 0.309 e. The largest absolute Gasteiger partial charge is 0.463 e. The predicted octanol–water partition coefficient (Wildman–Crippen LogP) is 4.16. The van der Waals surface area contributed by atoms with Gasteiger partial charge < -0.3 is 20.5 Å². The average molecular weight is 535 g/mol. The van der Waals surface area contributed by atoms with Gasteiger partial charge in [-0.3, -0.25) is 14.4 Å². The lowest BCUT2D eigenvalue weighted by molar-refractivity contribution is -0.151. The smallest absolute Gasteiger partial charge is 0.309 e. The van der Waals surface area contributed by atoms with Gasteiger partial charge in [0.25, 0.3) is 0 Å². The molecule has 0 aliphatic rings. The number of benzene rings is 2. The van der Waals surface area contributed by atoms with Crippen molar-refractivity contribution >= 4 is 17.8 Å². The first kappa shape index (κ1) is 31.5. The van der Waals surface area contributed by atoms with Crippen molar-refractivity contribution in [2.45, 2.75) is 57.5 Å². The summed E-state index contributed by atoms with van der Waals surface area (Å²) in [4.78, 5) is 38.7. The third-order valence-electron chi connectivity index (χ3n) is 6.31. The lowest BCUT2D eigenvalue weighted by Gasteiger charge is -2.29. The Morgan fingerprint density at radius 2 is 1.44 bits per heavy atom. The van der Waals surface area contributed by atoms with E-state index in [1.165, 1.54) is 0 Å². The molecule has 0 aliphatic carbocycles. The highest BCUT2D eigenvalue weighted by atomic mass is 16.5. The van der Waals surface area contributed by atoms with Crippen molar-refractivity contribution in [2.24, 2.45) is 11.8 Å². The highest BCUT2D eigenvalue weighted by Crippen LogP contribution is 2.17. The number of allylic oxidation sites excluding steroid dienone is 2. The highest BCUT2D eigenvalue weighted by Gasteiger charge is 2.30. The first-order chi connectivity index (χ1) is 18.7. The van der Waals surface area contributed by atoms with Crippen molar-refractivity contribution in [3.63, 3.8) is 0 Å². The van der Waals surface area contributed by atoms with Crippen LogP contribution >= 0.6 is 0 Å². The van der Waals surface area contributed by atoms with Gasteiger partial charge in [-0.1, -0.05) is 72.8 Å². The fourth-order valence-corrected chi connectivity index (χ4v) is 4.26. The van der Waals surface area contributed by atoms with Gasteiger partial charge in [-0.05, 0) is 50.7 Å². The van der Waals surface area contributed by atoms with Crippen LogP contribution in [0.5, 0.6) is 0 Å². The van der Waals surface area contributed by atoms with Crippen molar-refractivity contribution < 1.29 is 24.2 Å². The summed E-state index contributed by atoms with van der Waals surface area (Å²) in [5.41, 5.74) is 1.17. The average Bonchev–Trinajstić information content (AvgIpc) is 2.91. The summed E-state index contributed by atoms with van der Waals surface area (Å²) in [6, 6.07) is 18.8. The normalized spacial score (nSPS) is 13.4. The molecule has 0 bridgehead atoms. The minimum Gasteiger partial charge on any atom is -0.463 e. The zero-order valence-electron chi connectivity index (χ0n) is 23.1. The highest BCUT2D eigenvalue weighted by molar-refractivity contribution is 5.86. The van der Waals surface area contributed by atoms with Crippen molar-refractivity contribution in [2.75, 3.05) is 13.2 Å². The molecule has 0 spiro atoms. The number of rotatable bonds is 17. The molecule has 2 aromatic carbocycles. The Kier molecular flexibility index (Phi) is 13.2. The monoisotopic (exact) mass is 534 g/mol. The third kappa shape index (κ3) is 11.7. The standard InChI is InChI=1S/C32H42N2O5/c1-5-13-26(21-29(36)33-28(22-35)20-25-17-11-8-12-18-25)30(37)34-32(3,4)23-39-31(38)27(14-6-2)19-24-15-9-7-10-16-24/h5-12,15-18,26-28,35H,1-2,13-14,19-23H2,3-4H3,(H,33,36)(H,34,37)/t26-,27-,28+/m1/s1. The zero-order valence-corrected chi connectivity index (χ0v) is 23.1. The van der Waals surface area contributed by atoms with Crippen LogP contribution in [0.4, 0.5) is 0 Å². The van der Waals surface area contributed by atoms with Crippen LogP contribution in [0.1, 0.15) is 44.2 Å². The molecule has 0 saturated heterocycles. The number of ether oxygens (including phenoxy) is 1. The number of esters is 1. The van der Waals surface area contributed by atoms with Gasteiger partial charge in [-0.2, -0.15) is 0 Å². The van der Waals surface area contributed by atoms with Crippen molar-refractivity contribution in [3.8, 4) is 0 Å². The molecule has 0 unspecified atom stereocenters. The molecule has 2 rings (SSSR count). The van der Waals surface area contributed by atoms with Gasteiger partial charge >= 0.3 is 5.97 Å². The maximum atomic E-state index is 13.1. The number of nitrogens with one attached hydrogen (secondary N) is 2. The molecular weight excluding hydrogens is 492 g/mol. The molecule has 0 radical (unpaired) electrons. The predicted molar refractivity (Wildman–Crippen MR) is 154 cm³/mol. The Bertz CT molecular complexity index is 1070. The lowest BCUT2D eigenvalue weighted by Crippen LogP contribution is -2.50. The minimum atomic E-state index is -0.852. The molecule has 0 aromatic heterocycles. The first-order valence-corrected chi connectivity index (χ1v) is 13.4. The lowest BCUT2D eigenvalue weighted by atomic mass is 9.96. The summed E-state index contributed by atoms with van der Waals surface area (Å²) in [5.74, 6) is -2.04. The number of amides is 2. The second-order valence-corrected chi connectivity index (χ2v) is 10.5. The zero-order chi connectivity index (χ0) is 28.7. The molecule has 0 aliphatic heterocycles. The van der Waals surface area contributed by atoms with Crippen LogP contribution in [-0.2, 0) is 32.0 Å². The third-order valence-corrected chi connectivity index (χ3v) is 6.31. The number of aliphatic hydroxyl groups excluding tert-OH is 1. The van der Waals surface area contributed by atoms with E-state index in [1.54, 1.807) is 26.0 Å². The van der Waals surface area contributed by atoms with Crippen molar-refractivity contribution in [1.82, 2.24) is 10.6 Å². The summed E-state index contributed by atoms with van der Waals surface area (Å²) < 4.78 is 5.61. The topological polar surface area (TPSA) is 105 Å². The Balaban J connectivity index is 1.92. The van der Waals surface area contributed by atoms with Crippen LogP contribution in [-0.4, -0.2) is 47.7 Å². The number of aliphatic hydroxyl groups is 1. The molecular formula is C32H42N2O5. The van der Waals surface area contributed by atoms with Crippen LogP contribution in [0.25, 0.3) is 0 Å². The van der Waals surface area contributed by atoms with Crippen molar-refractivity contribution in [3.05, 3.63) is 97.1 Å². The SMILES string of the molecule is C=CC[C@H](CC(=O)N[C@H](CO)Cc1ccccc1)C(=O)NC(C)(C)COC(=O)[C@H](CC=C)Cc1ccccc1. The molecule has 210 valence electrons. The minimum absolute atomic E-state index is 0.0172. The van der Waals surface area contributed by atoms with Gasteiger partial charge in [0.1, 0.15) is 6.61 Å². The van der Waals surface area contributed by atoms with Crippen LogP contribution in [0, 0.1) is 11.8 Å². The van der Waals surface area contributed by atoms with E-state index in [9.17, 15) is 19.5 Å². The van der Waals surface area contributed by atoms with E-state index < -0.39 is 17.5 Å².